The average molecular weight is 281 g/mol. The van der Waals surface area contributed by atoms with Crippen LogP contribution in [0.2, 0.25) is 0 Å². The molecule has 1 aromatic rings. The van der Waals surface area contributed by atoms with Crippen LogP contribution in [0.1, 0.15) is 47.1 Å². The molecule has 5 heteroatoms. The van der Waals surface area contributed by atoms with Gasteiger partial charge in [-0.15, -0.1) is 11.3 Å². The van der Waals surface area contributed by atoms with Crippen LogP contribution < -0.4 is 10.6 Å². The van der Waals surface area contributed by atoms with Crippen molar-refractivity contribution in [3.8, 4) is 0 Å². The van der Waals surface area contributed by atoms with Crippen molar-refractivity contribution in [2.75, 3.05) is 13.1 Å². The van der Waals surface area contributed by atoms with E-state index in [0.29, 0.717) is 12.0 Å². The van der Waals surface area contributed by atoms with Crippen molar-refractivity contribution in [1.82, 2.24) is 15.6 Å². The van der Waals surface area contributed by atoms with Gasteiger partial charge in [0.25, 0.3) is 5.91 Å². The van der Waals surface area contributed by atoms with Crippen LogP contribution in [0.5, 0.6) is 0 Å². The molecule has 0 atom stereocenters. The van der Waals surface area contributed by atoms with Crippen LogP contribution in [0, 0.1) is 12.8 Å². The smallest absolute Gasteiger partial charge is 0.263 e. The third-order valence-corrected chi connectivity index (χ3v) is 4.30. The first kappa shape index (κ1) is 14.5. The molecule has 1 aliphatic heterocycles. The number of nitrogens with zero attached hydrogens (tertiary/aromatic N) is 1. The van der Waals surface area contributed by atoms with Gasteiger partial charge in [0.1, 0.15) is 4.88 Å². The first-order valence-electron chi connectivity index (χ1n) is 7.04. The first-order valence-corrected chi connectivity index (χ1v) is 7.85. The lowest BCUT2D eigenvalue weighted by atomic mass is 10.1. The Bertz CT molecular complexity index is 436. The average Bonchev–Trinajstić information content (AvgIpc) is 2.70. The molecule has 0 aromatic carbocycles. The lowest BCUT2D eigenvalue weighted by molar-refractivity contribution is 0.0932. The predicted octanol–water partition coefficient (Wildman–Crippen LogP) is 2.13. The minimum atomic E-state index is 0.0631. The molecule has 1 amide bonds. The van der Waals surface area contributed by atoms with Crippen LogP contribution in [0.25, 0.3) is 0 Å². The summed E-state index contributed by atoms with van der Waals surface area (Å²) in [5, 5.41) is 7.44. The largest absolute Gasteiger partial charge is 0.348 e. The van der Waals surface area contributed by atoms with E-state index in [9.17, 15) is 4.79 Å². The summed E-state index contributed by atoms with van der Waals surface area (Å²) in [4.78, 5) is 17.7. The van der Waals surface area contributed by atoms with E-state index in [0.717, 1.165) is 47.9 Å². The van der Waals surface area contributed by atoms with Crippen molar-refractivity contribution >= 4 is 17.2 Å². The molecule has 0 aliphatic carbocycles. The third-order valence-electron chi connectivity index (χ3n) is 3.29. The zero-order chi connectivity index (χ0) is 13.8. The molecule has 106 valence electrons. The van der Waals surface area contributed by atoms with Gasteiger partial charge in [0.05, 0.1) is 10.7 Å². The van der Waals surface area contributed by atoms with Crippen molar-refractivity contribution in [3.05, 3.63) is 15.6 Å². The third kappa shape index (κ3) is 4.01. The number of aryl methyl sites for hydroxylation is 1. The summed E-state index contributed by atoms with van der Waals surface area (Å²) in [5.41, 5.74) is 0.962. The molecule has 1 aromatic heterocycles. The van der Waals surface area contributed by atoms with E-state index >= 15 is 0 Å². The van der Waals surface area contributed by atoms with E-state index in [1.807, 2.05) is 6.92 Å². The van der Waals surface area contributed by atoms with Crippen molar-refractivity contribution < 1.29 is 4.79 Å². The van der Waals surface area contributed by atoms with Crippen LogP contribution in [-0.4, -0.2) is 30.0 Å². The molecule has 1 saturated heterocycles. The molecule has 0 unspecified atom stereocenters. The second-order valence-corrected chi connectivity index (χ2v) is 6.81. The summed E-state index contributed by atoms with van der Waals surface area (Å²) in [5.74, 6) is 0.583. The van der Waals surface area contributed by atoms with Crippen molar-refractivity contribution in [2.24, 2.45) is 5.92 Å². The summed E-state index contributed by atoms with van der Waals surface area (Å²) in [6.07, 6.45) is 2.91. The molecule has 0 saturated carbocycles. The second-order valence-electron chi connectivity index (χ2n) is 5.60. The first-order chi connectivity index (χ1) is 9.06. The van der Waals surface area contributed by atoms with E-state index in [-0.39, 0.29) is 5.91 Å². The van der Waals surface area contributed by atoms with Crippen molar-refractivity contribution in [1.29, 1.82) is 0 Å². The minimum Gasteiger partial charge on any atom is -0.348 e. The Morgan fingerprint density at radius 2 is 2.16 bits per heavy atom. The van der Waals surface area contributed by atoms with E-state index in [4.69, 9.17) is 0 Å². The Morgan fingerprint density at radius 3 is 2.79 bits per heavy atom. The summed E-state index contributed by atoms with van der Waals surface area (Å²) in [7, 11) is 0. The zero-order valence-corrected chi connectivity index (χ0v) is 12.8. The van der Waals surface area contributed by atoms with Gasteiger partial charge in [-0.2, -0.15) is 0 Å². The number of nitrogens with one attached hydrogen (secondary N) is 2. The molecule has 1 fully saturated rings. The van der Waals surface area contributed by atoms with Crippen LogP contribution in [-0.2, 0) is 6.42 Å². The molecule has 4 nitrogen and oxygen atoms in total. The van der Waals surface area contributed by atoms with Gasteiger partial charge < -0.3 is 10.6 Å². The second kappa shape index (κ2) is 6.48. The maximum atomic E-state index is 12.4. The van der Waals surface area contributed by atoms with Crippen LogP contribution in [0.3, 0.4) is 0 Å². The number of carbonyl (C=O) groups is 1. The Morgan fingerprint density at radius 1 is 1.47 bits per heavy atom. The maximum absolute atomic E-state index is 12.4. The molecule has 19 heavy (non-hydrogen) atoms. The normalized spacial score (nSPS) is 16.8. The maximum Gasteiger partial charge on any atom is 0.263 e. The number of hydrogen-bond acceptors (Lipinski definition) is 4. The van der Waals surface area contributed by atoms with Gasteiger partial charge in [-0.25, -0.2) is 4.98 Å². The lowest BCUT2D eigenvalue weighted by Gasteiger charge is -2.23. The molecule has 2 N–H and O–H groups in total. The Labute approximate surface area is 119 Å². The molecule has 0 radical (unpaired) electrons. The highest BCUT2D eigenvalue weighted by atomic mass is 32.1. The monoisotopic (exact) mass is 281 g/mol. The topological polar surface area (TPSA) is 54.0 Å². The van der Waals surface area contributed by atoms with Gasteiger partial charge >= 0.3 is 0 Å². The van der Waals surface area contributed by atoms with Crippen molar-refractivity contribution in [2.45, 2.75) is 46.1 Å². The molecule has 2 rings (SSSR count). The van der Waals surface area contributed by atoms with Gasteiger partial charge in [0.15, 0.2) is 0 Å². The standard InChI is InChI=1S/C14H23N3OS/c1-9(2)8-12-13(19-10(3)16-12)14(18)17-11-4-6-15-7-5-11/h9,11,15H,4-8H2,1-3H3,(H,17,18). The molecule has 1 aliphatic rings. The van der Waals surface area contributed by atoms with Gasteiger partial charge in [-0.05, 0) is 45.2 Å². The van der Waals surface area contributed by atoms with Gasteiger partial charge in [-0.3, -0.25) is 4.79 Å². The molecule has 0 spiro atoms. The van der Waals surface area contributed by atoms with Gasteiger partial charge in [-0.1, -0.05) is 13.8 Å². The van der Waals surface area contributed by atoms with Crippen LogP contribution >= 0.6 is 11.3 Å². The molecular formula is C14H23N3OS. The zero-order valence-electron chi connectivity index (χ0n) is 12.0. The lowest BCUT2D eigenvalue weighted by Crippen LogP contribution is -2.42. The Hall–Kier alpha value is -0.940. The van der Waals surface area contributed by atoms with Gasteiger partial charge in [0.2, 0.25) is 0 Å². The fourth-order valence-corrected chi connectivity index (χ4v) is 3.24. The van der Waals surface area contributed by atoms with E-state index in [2.05, 4.69) is 29.5 Å². The highest BCUT2D eigenvalue weighted by Crippen LogP contribution is 2.21. The molecule has 0 bridgehead atoms. The van der Waals surface area contributed by atoms with Crippen LogP contribution in [0.4, 0.5) is 0 Å². The summed E-state index contributed by atoms with van der Waals surface area (Å²) in [6, 6.07) is 0.308. The number of thiazole rings is 1. The molecule has 2 heterocycles. The van der Waals surface area contributed by atoms with E-state index in [1.54, 1.807) is 0 Å². The predicted molar refractivity (Wildman–Crippen MR) is 78.8 cm³/mol. The number of rotatable bonds is 4. The Balaban J connectivity index is 2.05. The van der Waals surface area contributed by atoms with Crippen LogP contribution in [0.15, 0.2) is 0 Å². The Kier molecular flexibility index (Phi) is 4.93. The number of piperidine rings is 1. The van der Waals surface area contributed by atoms with Crippen molar-refractivity contribution in [3.63, 3.8) is 0 Å². The van der Waals surface area contributed by atoms with E-state index < -0.39 is 0 Å². The fraction of sp³-hybridized carbons (Fsp3) is 0.714. The SMILES string of the molecule is Cc1nc(CC(C)C)c(C(=O)NC2CCNCC2)s1. The van der Waals surface area contributed by atoms with Gasteiger partial charge in [0, 0.05) is 6.04 Å². The molecular weight excluding hydrogens is 258 g/mol. The highest BCUT2D eigenvalue weighted by molar-refractivity contribution is 7.13. The minimum absolute atomic E-state index is 0.0631. The quantitative estimate of drug-likeness (QED) is 0.889. The number of aromatic nitrogens is 1. The fourth-order valence-electron chi connectivity index (χ4n) is 2.39. The summed E-state index contributed by atoms with van der Waals surface area (Å²) < 4.78 is 0. The number of hydrogen-bond donors (Lipinski definition) is 2. The number of carbonyl (C=O) groups excluding carboxylic acids is 1. The summed E-state index contributed by atoms with van der Waals surface area (Å²) >= 11 is 1.51. The summed E-state index contributed by atoms with van der Waals surface area (Å²) in [6.45, 7) is 8.26. The highest BCUT2D eigenvalue weighted by Gasteiger charge is 2.21. The van der Waals surface area contributed by atoms with E-state index in [1.165, 1.54) is 11.3 Å². The number of amides is 1.